The van der Waals surface area contributed by atoms with E-state index in [0.717, 1.165) is 5.69 Å². The Morgan fingerprint density at radius 3 is 2.50 bits per heavy atom. The van der Waals surface area contributed by atoms with E-state index in [4.69, 9.17) is 4.42 Å². The second-order valence-electron chi connectivity index (χ2n) is 7.21. The first kappa shape index (κ1) is 19.4. The Bertz CT molecular complexity index is 1090. The molecular weight excluding hydrogens is 382 g/mol. The molecule has 0 spiro atoms. The second-order valence-corrected chi connectivity index (χ2v) is 7.21. The van der Waals surface area contributed by atoms with Gasteiger partial charge < -0.3 is 19.3 Å². The van der Waals surface area contributed by atoms with Crippen LogP contribution in [0.15, 0.2) is 82.8 Å². The minimum Gasteiger partial charge on any atom is -0.503 e. The predicted octanol–water partition coefficient (Wildman–Crippen LogP) is 3.52. The lowest BCUT2D eigenvalue weighted by atomic mass is 9.94. The molecule has 7 heteroatoms. The van der Waals surface area contributed by atoms with Gasteiger partial charge in [-0.15, -0.1) is 0 Å². The molecule has 3 aromatic rings. The number of carbonyl (C=O) groups is 2. The number of aliphatic hydroxyl groups excluding tert-OH is 1. The first-order valence-corrected chi connectivity index (χ1v) is 9.47. The molecule has 1 amide bonds. The van der Waals surface area contributed by atoms with E-state index in [9.17, 15) is 14.7 Å². The third kappa shape index (κ3) is 3.45. The summed E-state index contributed by atoms with van der Waals surface area (Å²) in [7, 11) is 3.86. The first-order valence-electron chi connectivity index (χ1n) is 9.47. The van der Waals surface area contributed by atoms with Crippen molar-refractivity contribution in [3.8, 4) is 0 Å². The highest BCUT2D eigenvalue weighted by molar-refractivity contribution is 6.15. The number of nitrogens with zero attached hydrogens (tertiary/aromatic N) is 3. The van der Waals surface area contributed by atoms with E-state index in [0.29, 0.717) is 11.3 Å². The molecule has 0 saturated heterocycles. The predicted molar refractivity (Wildman–Crippen MR) is 111 cm³/mol. The highest BCUT2D eigenvalue weighted by Gasteiger charge is 2.44. The quantitative estimate of drug-likeness (QED) is 0.634. The lowest BCUT2D eigenvalue weighted by Gasteiger charge is -2.27. The smallest absolute Gasteiger partial charge is 0.290 e. The van der Waals surface area contributed by atoms with Crippen molar-refractivity contribution in [1.29, 1.82) is 0 Å². The summed E-state index contributed by atoms with van der Waals surface area (Å²) in [6.45, 7) is 0.152. The lowest BCUT2D eigenvalue weighted by molar-refractivity contribution is -0.130. The molecule has 1 unspecified atom stereocenters. The minimum absolute atomic E-state index is 0.00323. The summed E-state index contributed by atoms with van der Waals surface area (Å²) in [4.78, 5) is 33.8. The fourth-order valence-electron chi connectivity index (χ4n) is 3.56. The van der Waals surface area contributed by atoms with Crippen molar-refractivity contribution in [2.75, 3.05) is 19.0 Å². The number of hydrogen-bond donors (Lipinski definition) is 1. The Morgan fingerprint density at radius 1 is 1.13 bits per heavy atom. The molecule has 2 aromatic heterocycles. The molecule has 1 aliphatic rings. The van der Waals surface area contributed by atoms with E-state index in [2.05, 4.69) is 4.98 Å². The van der Waals surface area contributed by atoms with Crippen LogP contribution in [0.4, 0.5) is 5.69 Å². The van der Waals surface area contributed by atoms with Crippen molar-refractivity contribution in [2.24, 2.45) is 0 Å². The summed E-state index contributed by atoms with van der Waals surface area (Å²) < 4.78 is 5.24. The molecular formula is C23H21N3O4. The number of aliphatic hydroxyl groups is 1. The normalized spacial score (nSPS) is 16.3. The zero-order valence-corrected chi connectivity index (χ0v) is 16.6. The molecule has 152 valence electrons. The number of rotatable bonds is 6. The van der Waals surface area contributed by atoms with Crippen LogP contribution in [0.3, 0.4) is 0 Å². The van der Waals surface area contributed by atoms with E-state index in [-0.39, 0.29) is 17.9 Å². The van der Waals surface area contributed by atoms with Crippen molar-refractivity contribution in [2.45, 2.75) is 12.6 Å². The van der Waals surface area contributed by atoms with E-state index in [1.807, 2.05) is 49.3 Å². The Labute approximate surface area is 173 Å². The maximum Gasteiger partial charge on any atom is 0.290 e. The number of pyridine rings is 1. The number of amides is 1. The Kier molecular flexibility index (Phi) is 5.10. The average molecular weight is 403 g/mol. The standard InChI is InChI=1S/C23H21N3O4/c1-25(2)17-10-8-15(9-11-17)20-19(21(27)18-7-5-13-30-18)22(28)23(29)26(20)14-16-6-3-4-12-24-16/h3-13,20,28H,14H2,1-2H3. The van der Waals surface area contributed by atoms with Crippen LogP contribution >= 0.6 is 0 Å². The number of benzene rings is 1. The molecule has 1 N–H and O–H groups in total. The number of Topliss-reactive ketones (excluding diaryl/α,β-unsaturated/α-hetero) is 1. The summed E-state index contributed by atoms with van der Waals surface area (Å²) in [5.74, 6) is -1.62. The van der Waals surface area contributed by atoms with Gasteiger partial charge in [-0.3, -0.25) is 14.6 Å². The van der Waals surface area contributed by atoms with Gasteiger partial charge in [-0.1, -0.05) is 18.2 Å². The van der Waals surface area contributed by atoms with Crippen molar-refractivity contribution in [1.82, 2.24) is 9.88 Å². The van der Waals surface area contributed by atoms with Crippen LogP contribution in [-0.2, 0) is 11.3 Å². The minimum atomic E-state index is -0.756. The van der Waals surface area contributed by atoms with Crippen LogP contribution < -0.4 is 4.90 Å². The molecule has 3 heterocycles. The summed E-state index contributed by atoms with van der Waals surface area (Å²) in [5, 5.41) is 10.6. The van der Waals surface area contributed by atoms with Crippen molar-refractivity contribution in [3.63, 3.8) is 0 Å². The summed E-state index contributed by atoms with van der Waals surface area (Å²) in [6.07, 6.45) is 3.02. The van der Waals surface area contributed by atoms with Gasteiger partial charge >= 0.3 is 0 Å². The van der Waals surface area contributed by atoms with Gasteiger partial charge in [0.1, 0.15) is 0 Å². The molecule has 7 nitrogen and oxygen atoms in total. The highest BCUT2D eigenvalue weighted by Crippen LogP contribution is 2.40. The van der Waals surface area contributed by atoms with Gasteiger partial charge in [0, 0.05) is 26.0 Å². The Morgan fingerprint density at radius 2 is 1.90 bits per heavy atom. The fourth-order valence-corrected chi connectivity index (χ4v) is 3.56. The molecule has 0 fully saturated rings. The van der Waals surface area contributed by atoms with Crippen molar-refractivity contribution < 1.29 is 19.1 Å². The molecule has 0 saturated carbocycles. The van der Waals surface area contributed by atoms with Crippen LogP contribution in [0.5, 0.6) is 0 Å². The van der Waals surface area contributed by atoms with Gasteiger partial charge in [0.2, 0.25) is 5.78 Å². The molecule has 1 aliphatic heterocycles. The maximum absolute atomic E-state index is 13.1. The van der Waals surface area contributed by atoms with Crippen LogP contribution in [0.2, 0.25) is 0 Å². The van der Waals surface area contributed by atoms with Crippen molar-refractivity contribution in [3.05, 3.63) is 95.4 Å². The lowest BCUT2D eigenvalue weighted by Crippen LogP contribution is -2.31. The van der Waals surface area contributed by atoms with Crippen molar-refractivity contribution >= 4 is 17.4 Å². The average Bonchev–Trinajstić information content (AvgIpc) is 3.37. The van der Waals surface area contributed by atoms with E-state index < -0.39 is 23.5 Å². The monoisotopic (exact) mass is 403 g/mol. The van der Waals surface area contributed by atoms with E-state index in [1.54, 1.807) is 24.4 Å². The molecule has 0 bridgehead atoms. The summed E-state index contributed by atoms with van der Waals surface area (Å²) in [6, 6.07) is 15.3. The first-order chi connectivity index (χ1) is 14.5. The highest BCUT2D eigenvalue weighted by atomic mass is 16.3. The summed E-state index contributed by atoms with van der Waals surface area (Å²) >= 11 is 0. The largest absolute Gasteiger partial charge is 0.503 e. The van der Waals surface area contributed by atoms with Crippen LogP contribution in [0, 0.1) is 0 Å². The fraction of sp³-hybridized carbons (Fsp3) is 0.174. The molecule has 30 heavy (non-hydrogen) atoms. The van der Waals surface area contributed by atoms with Gasteiger partial charge in [0.15, 0.2) is 11.5 Å². The van der Waals surface area contributed by atoms with Gasteiger partial charge in [-0.05, 0) is 42.0 Å². The summed E-state index contributed by atoms with van der Waals surface area (Å²) in [5.41, 5.74) is 2.35. The molecule has 0 aliphatic carbocycles. The van der Waals surface area contributed by atoms with Crippen LogP contribution in [-0.4, -0.2) is 40.8 Å². The number of furan rings is 1. The number of carbonyl (C=O) groups excluding carboxylic acids is 2. The van der Waals surface area contributed by atoms with E-state index in [1.165, 1.54) is 17.2 Å². The SMILES string of the molecule is CN(C)c1ccc(C2C(C(=O)c3ccco3)=C(O)C(=O)N2Cc2ccccn2)cc1. The Hall–Kier alpha value is -3.87. The van der Waals surface area contributed by atoms with E-state index >= 15 is 0 Å². The molecule has 1 atom stereocenters. The van der Waals surface area contributed by atoms with Gasteiger partial charge in [-0.25, -0.2) is 0 Å². The Balaban J connectivity index is 1.78. The number of anilines is 1. The van der Waals surface area contributed by atoms with Gasteiger partial charge in [0.25, 0.3) is 5.91 Å². The third-order valence-corrected chi connectivity index (χ3v) is 5.08. The third-order valence-electron chi connectivity index (χ3n) is 5.08. The number of aromatic nitrogens is 1. The number of hydrogen-bond acceptors (Lipinski definition) is 6. The zero-order valence-electron chi connectivity index (χ0n) is 16.6. The van der Waals surface area contributed by atoms with Crippen LogP contribution in [0.25, 0.3) is 0 Å². The second kappa shape index (κ2) is 7.87. The maximum atomic E-state index is 13.1. The molecule has 1 aromatic carbocycles. The van der Waals surface area contributed by atoms with Gasteiger partial charge in [-0.2, -0.15) is 0 Å². The zero-order chi connectivity index (χ0) is 21.3. The molecule has 4 rings (SSSR count). The number of ketones is 1. The molecule has 0 radical (unpaired) electrons. The topological polar surface area (TPSA) is 86.9 Å². The van der Waals surface area contributed by atoms with Crippen LogP contribution in [0.1, 0.15) is 27.9 Å². The van der Waals surface area contributed by atoms with Gasteiger partial charge in [0.05, 0.1) is 30.1 Å².